The molecule has 0 aromatic rings. The Balaban J connectivity index is 1.63. The van der Waals surface area contributed by atoms with Gasteiger partial charge in [-0.1, -0.05) is 13.8 Å². The normalized spacial score (nSPS) is 53.0. The zero-order valence-corrected chi connectivity index (χ0v) is 14.5. The summed E-state index contributed by atoms with van der Waals surface area (Å²) in [4.78, 5) is 18.2. The van der Waals surface area contributed by atoms with Gasteiger partial charge in [0.2, 0.25) is 0 Å². The molecular formula is C18H30N2O2. The Morgan fingerprint density at radius 1 is 1.14 bits per heavy atom. The first-order chi connectivity index (χ1) is 10.3. The number of piperidine rings is 2. The first-order valence-electron chi connectivity index (χ1n) is 8.96. The zero-order chi connectivity index (χ0) is 15.8. The molecule has 5 saturated heterocycles. The van der Waals surface area contributed by atoms with E-state index in [4.69, 9.17) is 4.74 Å². The summed E-state index contributed by atoms with van der Waals surface area (Å²) in [5.74, 6) is 1.22. The third-order valence-electron chi connectivity index (χ3n) is 6.73. The lowest BCUT2D eigenvalue weighted by Crippen LogP contribution is -2.79. The average Bonchev–Trinajstić information content (AvgIpc) is 2.42. The van der Waals surface area contributed by atoms with Crippen molar-refractivity contribution in [3.05, 3.63) is 0 Å². The van der Waals surface area contributed by atoms with Gasteiger partial charge in [-0.15, -0.1) is 0 Å². The summed E-state index contributed by atoms with van der Waals surface area (Å²) in [7, 11) is 0. The molecule has 4 heteroatoms. The predicted octanol–water partition coefficient (Wildman–Crippen LogP) is 2.13. The maximum Gasteiger partial charge on any atom is 0.150 e. The van der Waals surface area contributed by atoms with E-state index in [1.165, 1.54) is 0 Å². The number of Topliss-reactive ketones (excluding diaryl/α,β-unsaturated/α-hetero) is 1. The van der Waals surface area contributed by atoms with Crippen LogP contribution in [0, 0.1) is 16.7 Å². The third-order valence-corrected chi connectivity index (χ3v) is 6.73. The predicted molar refractivity (Wildman–Crippen MR) is 85.5 cm³/mol. The van der Waals surface area contributed by atoms with Crippen LogP contribution in [0.1, 0.15) is 47.0 Å². The van der Waals surface area contributed by atoms with Crippen LogP contribution in [0.5, 0.6) is 0 Å². The Bertz CT molecular complexity index is 485. The second-order valence-corrected chi connectivity index (χ2v) is 9.11. The van der Waals surface area contributed by atoms with Crippen molar-refractivity contribution in [2.24, 2.45) is 16.7 Å². The standard InChI is InChI=1S/C18H30N2O2/c1-5-18-11-19-9-17(4,15(18)21)10-20(12-18)14(19)13-6-7-22-16(2,3)8-13/h13-14H,5-12H2,1-4H3/t13-,14?,17?,18?/m0/s1. The van der Waals surface area contributed by atoms with Crippen molar-refractivity contribution < 1.29 is 9.53 Å². The highest BCUT2D eigenvalue weighted by molar-refractivity contribution is 5.93. The second-order valence-electron chi connectivity index (χ2n) is 9.11. The van der Waals surface area contributed by atoms with E-state index >= 15 is 0 Å². The fourth-order valence-electron chi connectivity index (χ4n) is 5.93. The van der Waals surface area contributed by atoms with E-state index in [9.17, 15) is 4.79 Å². The van der Waals surface area contributed by atoms with Crippen molar-refractivity contribution in [1.29, 1.82) is 0 Å². The van der Waals surface area contributed by atoms with Crippen molar-refractivity contribution in [3.63, 3.8) is 0 Å². The molecule has 4 nitrogen and oxygen atoms in total. The van der Waals surface area contributed by atoms with E-state index in [0.29, 0.717) is 17.9 Å². The van der Waals surface area contributed by atoms with E-state index in [0.717, 1.165) is 52.0 Å². The lowest BCUT2D eigenvalue weighted by Gasteiger charge is -2.67. The summed E-state index contributed by atoms with van der Waals surface area (Å²) in [6, 6.07) is 0. The maximum atomic E-state index is 13.0. The molecule has 0 aromatic carbocycles. The van der Waals surface area contributed by atoms with Crippen molar-refractivity contribution in [1.82, 2.24) is 9.80 Å². The molecule has 0 spiro atoms. The van der Waals surface area contributed by atoms with E-state index in [1.54, 1.807) is 0 Å². The van der Waals surface area contributed by atoms with Crippen LogP contribution in [-0.2, 0) is 9.53 Å². The number of ketones is 1. The number of hydrogen-bond acceptors (Lipinski definition) is 4. The number of ether oxygens (including phenoxy) is 1. The molecule has 5 rings (SSSR count). The molecule has 5 aliphatic rings. The van der Waals surface area contributed by atoms with E-state index < -0.39 is 0 Å². The topological polar surface area (TPSA) is 32.8 Å². The average molecular weight is 306 g/mol. The molecule has 5 fully saturated rings. The van der Waals surface area contributed by atoms with E-state index in [2.05, 4.69) is 37.5 Å². The highest BCUT2D eigenvalue weighted by Crippen LogP contribution is 2.52. The Labute approximate surface area is 134 Å². The highest BCUT2D eigenvalue weighted by atomic mass is 16.5. The Kier molecular flexibility index (Phi) is 3.12. The Hall–Kier alpha value is -0.450. The van der Waals surface area contributed by atoms with Gasteiger partial charge < -0.3 is 4.74 Å². The second kappa shape index (κ2) is 4.55. The third kappa shape index (κ3) is 1.96. The SMILES string of the molecule is CCC12CN3CC(C)(CN(C1)C3[C@H]1CCOC(C)(C)C1)C2=O. The van der Waals surface area contributed by atoms with Crippen molar-refractivity contribution in [3.8, 4) is 0 Å². The first kappa shape index (κ1) is 15.1. The first-order valence-corrected chi connectivity index (χ1v) is 8.96. The van der Waals surface area contributed by atoms with Crippen LogP contribution in [0.25, 0.3) is 0 Å². The van der Waals surface area contributed by atoms with Crippen molar-refractivity contribution in [2.45, 2.75) is 58.7 Å². The molecule has 124 valence electrons. The largest absolute Gasteiger partial charge is 0.376 e. The molecular weight excluding hydrogens is 276 g/mol. The number of carbonyl (C=O) groups excluding carboxylic acids is 1. The molecule has 0 N–H and O–H groups in total. The van der Waals surface area contributed by atoms with Crippen molar-refractivity contribution >= 4 is 5.78 Å². The van der Waals surface area contributed by atoms with Gasteiger partial charge in [0.05, 0.1) is 22.6 Å². The summed E-state index contributed by atoms with van der Waals surface area (Å²) in [5, 5.41) is 0. The number of rotatable bonds is 2. The molecule has 0 saturated carbocycles. The molecule has 4 bridgehead atoms. The minimum Gasteiger partial charge on any atom is -0.376 e. The van der Waals surface area contributed by atoms with Gasteiger partial charge in [-0.05, 0) is 39.0 Å². The van der Waals surface area contributed by atoms with Crippen LogP contribution in [0.2, 0.25) is 0 Å². The van der Waals surface area contributed by atoms with E-state index in [-0.39, 0.29) is 16.4 Å². The molecule has 2 unspecified atom stereocenters. The number of carbonyl (C=O) groups is 1. The monoisotopic (exact) mass is 306 g/mol. The summed E-state index contributed by atoms with van der Waals surface area (Å²) >= 11 is 0. The van der Waals surface area contributed by atoms with E-state index in [1.807, 2.05) is 0 Å². The van der Waals surface area contributed by atoms with Crippen LogP contribution in [0.15, 0.2) is 0 Å². The van der Waals surface area contributed by atoms with Crippen LogP contribution in [-0.4, -0.2) is 60.1 Å². The van der Waals surface area contributed by atoms with Crippen LogP contribution < -0.4 is 0 Å². The fourth-order valence-corrected chi connectivity index (χ4v) is 5.93. The number of hydrogen-bond donors (Lipinski definition) is 0. The Morgan fingerprint density at radius 2 is 1.77 bits per heavy atom. The smallest absolute Gasteiger partial charge is 0.150 e. The fraction of sp³-hybridized carbons (Fsp3) is 0.944. The van der Waals surface area contributed by atoms with Gasteiger partial charge in [-0.3, -0.25) is 14.6 Å². The van der Waals surface area contributed by atoms with Crippen molar-refractivity contribution in [2.75, 3.05) is 32.8 Å². The molecule has 5 aliphatic heterocycles. The van der Waals surface area contributed by atoms with Crippen LogP contribution in [0.4, 0.5) is 0 Å². The van der Waals surface area contributed by atoms with Gasteiger partial charge in [0, 0.05) is 32.8 Å². The molecule has 0 amide bonds. The summed E-state index contributed by atoms with van der Waals surface area (Å²) < 4.78 is 5.93. The van der Waals surface area contributed by atoms with Gasteiger partial charge in [0.1, 0.15) is 5.78 Å². The van der Waals surface area contributed by atoms with Gasteiger partial charge in [0.15, 0.2) is 0 Å². The van der Waals surface area contributed by atoms with Crippen LogP contribution in [0.3, 0.4) is 0 Å². The van der Waals surface area contributed by atoms with Gasteiger partial charge in [0.25, 0.3) is 0 Å². The summed E-state index contributed by atoms with van der Waals surface area (Å²) in [6.07, 6.45) is 3.81. The lowest BCUT2D eigenvalue weighted by atomic mass is 9.59. The molecule has 5 heterocycles. The van der Waals surface area contributed by atoms with Gasteiger partial charge in [-0.2, -0.15) is 0 Å². The highest BCUT2D eigenvalue weighted by Gasteiger charge is 2.64. The molecule has 0 aromatic heterocycles. The Morgan fingerprint density at radius 3 is 2.32 bits per heavy atom. The molecule has 0 radical (unpaired) electrons. The summed E-state index contributed by atoms with van der Waals surface area (Å²) in [6.45, 7) is 13.6. The minimum absolute atomic E-state index is 0.00197. The molecule has 0 aliphatic carbocycles. The quantitative estimate of drug-likeness (QED) is 0.782. The maximum absolute atomic E-state index is 13.0. The van der Waals surface area contributed by atoms with Gasteiger partial charge >= 0.3 is 0 Å². The molecule has 3 atom stereocenters. The zero-order valence-electron chi connectivity index (χ0n) is 14.5. The molecule has 22 heavy (non-hydrogen) atoms. The number of nitrogens with zero attached hydrogens (tertiary/aromatic N) is 2. The van der Waals surface area contributed by atoms with Gasteiger partial charge in [-0.25, -0.2) is 0 Å². The summed E-state index contributed by atoms with van der Waals surface area (Å²) in [5.41, 5.74) is -0.228. The van der Waals surface area contributed by atoms with Crippen LogP contribution >= 0.6 is 0 Å². The lowest BCUT2D eigenvalue weighted by molar-refractivity contribution is -0.217. The minimum atomic E-state index is -0.135.